The van der Waals surface area contributed by atoms with Crippen LogP contribution in [0, 0.1) is 24.2 Å². The Labute approximate surface area is 121 Å². The van der Waals surface area contributed by atoms with Gasteiger partial charge in [-0.05, 0) is 6.42 Å². The summed E-state index contributed by atoms with van der Waals surface area (Å²) < 4.78 is 5.34. The third kappa shape index (κ3) is 5.03. The Morgan fingerprint density at radius 1 is 1.62 bits per heavy atom. The van der Waals surface area contributed by atoms with Gasteiger partial charge in [-0.1, -0.05) is 18.3 Å². The monoisotopic (exact) mass is 299 g/mol. The number of hydrogen-bond donors (Lipinski definition) is 2. The van der Waals surface area contributed by atoms with E-state index in [4.69, 9.17) is 15.1 Å². The van der Waals surface area contributed by atoms with Crippen LogP contribution in [0.5, 0.6) is 0 Å². The van der Waals surface area contributed by atoms with Crippen LogP contribution in [0.1, 0.15) is 12.8 Å². The van der Waals surface area contributed by atoms with Gasteiger partial charge in [0, 0.05) is 45.0 Å². The summed E-state index contributed by atoms with van der Waals surface area (Å²) in [5.41, 5.74) is 0. The van der Waals surface area contributed by atoms with E-state index in [9.17, 15) is 5.11 Å². The SMILES string of the molecule is [CH2-]C(O)/C=C/[C@H]1OC[C@H](O)[C@@H]1CCC#N.[Y]. The first kappa shape index (κ1) is 16.2. The molecule has 1 radical (unpaired) electrons. The van der Waals surface area contributed by atoms with Gasteiger partial charge in [0.1, 0.15) is 0 Å². The van der Waals surface area contributed by atoms with Crippen LogP contribution < -0.4 is 0 Å². The summed E-state index contributed by atoms with van der Waals surface area (Å²) in [6.07, 6.45) is 2.75. The maximum Gasteiger partial charge on any atom is 0.0830 e. The zero-order valence-electron chi connectivity index (χ0n) is 9.12. The topological polar surface area (TPSA) is 73.5 Å². The molecule has 1 rings (SSSR count). The van der Waals surface area contributed by atoms with E-state index in [1.807, 2.05) is 6.07 Å². The van der Waals surface area contributed by atoms with Crippen LogP contribution in [-0.4, -0.2) is 35.1 Å². The van der Waals surface area contributed by atoms with Crippen LogP contribution in [0.2, 0.25) is 0 Å². The standard InChI is InChI=1S/C11H16NO3.Y/c1-8(13)4-5-11-9(3-2-6-12)10(14)7-15-11;/h4-5,8-11,13-14H,1-3,7H2;/q-1;/b5-4+;/t8?,9-,10-,11+;/m0./s1. The average molecular weight is 299 g/mol. The molecule has 0 aromatic carbocycles. The van der Waals surface area contributed by atoms with Gasteiger partial charge < -0.3 is 21.9 Å². The van der Waals surface area contributed by atoms with Gasteiger partial charge in [-0.3, -0.25) is 0 Å². The van der Waals surface area contributed by atoms with Crippen molar-refractivity contribution in [2.75, 3.05) is 6.61 Å². The fourth-order valence-corrected chi connectivity index (χ4v) is 1.70. The van der Waals surface area contributed by atoms with Crippen LogP contribution >= 0.6 is 0 Å². The van der Waals surface area contributed by atoms with Crippen LogP contribution in [0.15, 0.2) is 12.2 Å². The third-order valence-electron chi connectivity index (χ3n) is 2.49. The van der Waals surface area contributed by atoms with Gasteiger partial charge in [0.05, 0.1) is 24.9 Å². The van der Waals surface area contributed by atoms with Crippen LogP contribution in [0.25, 0.3) is 0 Å². The molecule has 16 heavy (non-hydrogen) atoms. The van der Waals surface area contributed by atoms with Crippen molar-refractivity contribution in [1.29, 1.82) is 5.26 Å². The number of nitrogens with zero attached hydrogens (tertiary/aromatic N) is 1. The second-order valence-corrected chi connectivity index (χ2v) is 3.68. The predicted molar refractivity (Wildman–Crippen MR) is 54.6 cm³/mol. The van der Waals surface area contributed by atoms with Crippen molar-refractivity contribution in [3.63, 3.8) is 0 Å². The van der Waals surface area contributed by atoms with E-state index >= 15 is 0 Å². The molecule has 5 heteroatoms. The predicted octanol–water partition coefficient (Wildman–Crippen LogP) is 0.415. The maximum atomic E-state index is 9.60. The van der Waals surface area contributed by atoms with Crippen molar-refractivity contribution in [2.45, 2.75) is 31.2 Å². The zero-order valence-corrected chi connectivity index (χ0v) is 12.0. The molecule has 0 amide bonds. The minimum absolute atomic E-state index is 0. The first-order chi connectivity index (χ1) is 7.15. The molecule has 4 atom stereocenters. The van der Waals surface area contributed by atoms with Crippen molar-refractivity contribution in [3.8, 4) is 6.07 Å². The summed E-state index contributed by atoms with van der Waals surface area (Å²) in [5.74, 6) is -0.0559. The molecule has 1 unspecified atom stereocenters. The van der Waals surface area contributed by atoms with E-state index in [0.29, 0.717) is 19.4 Å². The largest absolute Gasteiger partial charge is 0.421 e. The Kier molecular flexibility index (Phi) is 8.44. The molecule has 0 saturated carbocycles. The van der Waals surface area contributed by atoms with E-state index in [1.54, 1.807) is 6.08 Å². The molecule has 0 aromatic heterocycles. The van der Waals surface area contributed by atoms with Crippen molar-refractivity contribution in [3.05, 3.63) is 19.1 Å². The number of aliphatic hydroxyl groups is 2. The number of nitriles is 1. The van der Waals surface area contributed by atoms with Crippen LogP contribution in [-0.2, 0) is 37.4 Å². The number of hydrogen-bond acceptors (Lipinski definition) is 4. The Hall–Kier alpha value is 0.214. The van der Waals surface area contributed by atoms with Crippen molar-refractivity contribution in [2.24, 2.45) is 5.92 Å². The fourth-order valence-electron chi connectivity index (χ4n) is 1.70. The number of ether oxygens (including phenoxy) is 1. The van der Waals surface area contributed by atoms with Gasteiger partial charge in [-0.25, -0.2) is 0 Å². The Bertz CT molecular complexity index is 262. The minimum atomic E-state index is -0.761. The Morgan fingerprint density at radius 2 is 2.31 bits per heavy atom. The van der Waals surface area contributed by atoms with Gasteiger partial charge in [-0.2, -0.15) is 5.26 Å². The first-order valence-corrected chi connectivity index (χ1v) is 5.01. The molecular weight excluding hydrogens is 283 g/mol. The van der Waals surface area contributed by atoms with Gasteiger partial charge in [0.25, 0.3) is 0 Å². The Balaban J connectivity index is 0.00000225. The number of aliphatic hydroxyl groups excluding tert-OH is 2. The minimum Gasteiger partial charge on any atom is -0.421 e. The van der Waals surface area contributed by atoms with Gasteiger partial charge in [-0.15, -0.1) is 0 Å². The molecular formula is C11H16NO3Y-. The third-order valence-corrected chi connectivity index (χ3v) is 2.49. The molecule has 0 bridgehead atoms. The summed E-state index contributed by atoms with van der Waals surface area (Å²) >= 11 is 0. The quantitative estimate of drug-likeness (QED) is 0.583. The molecule has 4 nitrogen and oxygen atoms in total. The van der Waals surface area contributed by atoms with E-state index in [-0.39, 0.29) is 44.7 Å². The van der Waals surface area contributed by atoms with Gasteiger partial charge in [0.15, 0.2) is 0 Å². The maximum absolute atomic E-state index is 9.60. The zero-order chi connectivity index (χ0) is 11.3. The molecule has 2 N–H and O–H groups in total. The van der Waals surface area contributed by atoms with Crippen molar-refractivity contribution < 1.29 is 47.7 Å². The normalized spacial score (nSPS) is 31.0. The van der Waals surface area contributed by atoms with Crippen molar-refractivity contribution >= 4 is 0 Å². The van der Waals surface area contributed by atoms with Crippen LogP contribution in [0.4, 0.5) is 0 Å². The summed E-state index contributed by atoms with van der Waals surface area (Å²) in [5, 5.41) is 27.1. The summed E-state index contributed by atoms with van der Waals surface area (Å²) in [6.45, 7) is 3.69. The van der Waals surface area contributed by atoms with E-state index in [0.717, 1.165) is 0 Å². The molecule has 0 aromatic rings. The summed E-state index contributed by atoms with van der Waals surface area (Å²) in [6, 6.07) is 2.05. The van der Waals surface area contributed by atoms with Gasteiger partial charge >= 0.3 is 0 Å². The summed E-state index contributed by atoms with van der Waals surface area (Å²) in [7, 11) is 0. The molecule has 1 fully saturated rings. The van der Waals surface area contributed by atoms with E-state index < -0.39 is 12.2 Å². The Morgan fingerprint density at radius 3 is 2.88 bits per heavy atom. The second kappa shape index (κ2) is 8.33. The first-order valence-electron chi connectivity index (χ1n) is 5.01. The van der Waals surface area contributed by atoms with E-state index in [1.165, 1.54) is 6.08 Å². The fraction of sp³-hybridized carbons (Fsp3) is 0.636. The molecule has 87 valence electrons. The molecule has 1 saturated heterocycles. The molecule has 1 aliphatic heterocycles. The van der Waals surface area contributed by atoms with E-state index in [2.05, 4.69) is 6.92 Å². The molecule has 0 spiro atoms. The van der Waals surface area contributed by atoms with Crippen molar-refractivity contribution in [1.82, 2.24) is 0 Å². The molecule has 1 aliphatic rings. The van der Waals surface area contributed by atoms with Crippen LogP contribution in [0.3, 0.4) is 0 Å². The molecule has 1 heterocycles. The second-order valence-electron chi connectivity index (χ2n) is 3.68. The smallest absolute Gasteiger partial charge is 0.0830 e. The molecule has 0 aliphatic carbocycles. The number of rotatable bonds is 4. The average Bonchev–Trinajstić information content (AvgIpc) is 2.53. The van der Waals surface area contributed by atoms with Gasteiger partial charge in [0.2, 0.25) is 0 Å². The summed E-state index contributed by atoms with van der Waals surface area (Å²) in [4.78, 5) is 0.